The second-order valence-electron chi connectivity index (χ2n) is 4.05. The van der Waals surface area contributed by atoms with Gasteiger partial charge in [-0.2, -0.15) is 0 Å². The highest BCUT2D eigenvalue weighted by Crippen LogP contribution is 2.10. The summed E-state index contributed by atoms with van der Waals surface area (Å²) in [6, 6.07) is 3.08. The minimum Gasteiger partial charge on any atom is -0.288 e. The predicted octanol–water partition coefficient (Wildman–Crippen LogP) is 2.30. The summed E-state index contributed by atoms with van der Waals surface area (Å²) in [4.78, 5) is 20.2. The molecule has 0 radical (unpaired) electrons. The van der Waals surface area contributed by atoms with E-state index in [0.29, 0.717) is 5.02 Å². The fourth-order valence-electron chi connectivity index (χ4n) is 1.69. The standard InChI is InChI=1S/C13H14ClN5O/c1-3-9-10(4-2)18-19-13(16-9)17-12(20)11-7-8(14)5-6-15-11/h5-7H,3-4H2,1-2H3,(H,16,17,19,20). The lowest BCUT2D eigenvalue weighted by atomic mass is 10.2. The van der Waals surface area contributed by atoms with E-state index in [-0.39, 0.29) is 11.6 Å². The smallest absolute Gasteiger partial charge is 0.276 e. The normalized spacial score (nSPS) is 10.3. The molecule has 0 bridgehead atoms. The van der Waals surface area contributed by atoms with Gasteiger partial charge in [-0.25, -0.2) is 4.98 Å². The van der Waals surface area contributed by atoms with E-state index in [9.17, 15) is 4.79 Å². The number of rotatable bonds is 4. The lowest BCUT2D eigenvalue weighted by molar-refractivity contribution is 0.102. The molecular weight excluding hydrogens is 278 g/mol. The van der Waals surface area contributed by atoms with Crippen LogP contribution in [0.1, 0.15) is 35.7 Å². The Hall–Kier alpha value is -2.08. The van der Waals surface area contributed by atoms with Crippen molar-refractivity contribution in [3.05, 3.63) is 40.4 Å². The Bertz CT molecular complexity index is 632. The first-order valence-corrected chi connectivity index (χ1v) is 6.67. The average Bonchev–Trinajstić information content (AvgIpc) is 2.47. The molecule has 0 saturated carbocycles. The van der Waals surface area contributed by atoms with Crippen molar-refractivity contribution in [2.75, 3.05) is 5.32 Å². The van der Waals surface area contributed by atoms with Crippen molar-refractivity contribution in [1.29, 1.82) is 0 Å². The lowest BCUT2D eigenvalue weighted by Gasteiger charge is -2.06. The van der Waals surface area contributed by atoms with Gasteiger partial charge in [-0.3, -0.25) is 15.1 Å². The summed E-state index contributed by atoms with van der Waals surface area (Å²) >= 11 is 5.82. The third-order valence-electron chi connectivity index (χ3n) is 2.69. The maximum atomic E-state index is 12.0. The van der Waals surface area contributed by atoms with Crippen molar-refractivity contribution < 1.29 is 4.79 Å². The molecule has 104 valence electrons. The summed E-state index contributed by atoms with van der Waals surface area (Å²) in [5.41, 5.74) is 1.88. The number of carbonyl (C=O) groups is 1. The zero-order valence-corrected chi connectivity index (χ0v) is 12.0. The first-order valence-electron chi connectivity index (χ1n) is 6.29. The van der Waals surface area contributed by atoms with Gasteiger partial charge in [0.05, 0.1) is 11.4 Å². The Morgan fingerprint density at radius 3 is 2.65 bits per heavy atom. The summed E-state index contributed by atoms with van der Waals surface area (Å²) in [6.45, 7) is 3.96. The Labute approximate surface area is 121 Å². The topological polar surface area (TPSA) is 80.7 Å². The molecule has 1 N–H and O–H groups in total. The van der Waals surface area contributed by atoms with E-state index in [1.54, 1.807) is 6.07 Å². The quantitative estimate of drug-likeness (QED) is 0.935. The van der Waals surface area contributed by atoms with Crippen LogP contribution in [-0.4, -0.2) is 26.1 Å². The maximum Gasteiger partial charge on any atom is 0.276 e. The number of anilines is 1. The van der Waals surface area contributed by atoms with E-state index < -0.39 is 5.91 Å². The van der Waals surface area contributed by atoms with Gasteiger partial charge in [-0.15, -0.1) is 10.2 Å². The highest BCUT2D eigenvalue weighted by Gasteiger charge is 2.12. The number of aryl methyl sites for hydroxylation is 2. The molecule has 0 saturated heterocycles. The van der Waals surface area contributed by atoms with Crippen LogP contribution in [0.3, 0.4) is 0 Å². The Morgan fingerprint density at radius 1 is 1.25 bits per heavy atom. The molecular formula is C13H14ClN5O. The highest BCUT2D eigenvalue weighted by atomic mass is 35.5. The van der Waals surface area contributed by atoms with Crippen molar-refractivity contribution >= 4 is 23.5 Å². The van der Waals surface area contributed by atoms with Crippen LogP contribution >= 0.6 is 11.6 Å². The molecule has 1 amide bonds. The number of nitrogens with zero attached hydrogens (tertiary/aromatic N) is 4. The van der Waals surface area contributed by atoms with E-state index in [2.05, 4.69) is 25.5 Å². The number of aromatic nitrogens is 4. The minimum absolute atomic E-state index is 0.172. The van der Waals surface area contributed by atoms with Crippen LogP contribution in [-0.2, 0) is 12.8 Å². The number of nitrogens with one attached hydrogen (secondary N) is 1. The van der Waals surface area contributed by atoms with E-state index in [4.69, 9.17) is 11.6 Å². The van der Waals surface area contributed by atoms with E-state index in [1.807, 2.05) is 13.8 Å². The average molecular weight is 292 g/mol. The number of halogens is 1. The molecule has 0 fully saturated rings. The zero-order valence-electron chi connectivity index (χ0n) is 11.2. The Morgan fingerprint density at radius 2 is 2.00 bits per heavy atom. The number of carbonyl (C=O) groups excluding carboxylic acids is 1. The van der Waals surface area contributed by atoms with E-state index in [1.165, 1.54) is 12.3 Å². The third kappa shape index (κ3) is 3.27. The van der Waals surface area contributed by atoms with Gasteiger partial charge in [0.25, 0.3) is 5.91 Å². The summed E-state index contributed by atoms with van der Waals surface area (Å²) in [7, 11) is 0. The molecule has 0 aliphatic heterocycles. The third-order valence-corrected chi connectivity index (χ3v) is 2.92. The second-order valence-corrected chi connectivity index (χ2v) is 4.49. The summed E-state index contributed by atoms with van der Waals surface area (Å²) < 4.78 is 0. The first-order chi connectivity index (χ1) is 9.63. The van der Waals surface area contributed by atoms with Gasteiger partial charge < -0.3 is 0 Å². The number of amides is 1. The van der Waals surface area contributed by atoms with Gasteiger partial charge >= 0.3 is 0 Å². The lowest BCUT2D eigenvalue weighted by Crippen LogP contribution is -2.17. The van der Waals surface area contributed by atoms with Crippen molar-refractivity contribution in [2.24, 2.45) is 0 Å². The van der Waals surface area contributed by atoms with Gasteiger partial charge in [0.2, 0.25) is 5.95 Å². The largest absolute Gasteiger partial charge is 0.288 e. The summed E-state index contributed by atoms with van der Waals surface area (Å²) in [6.07, 6.45) is 2.96. The molecule has 2 aromatic rings. The fourth-order valence-corrected chi connectivity index (χ4v) is 1.85. The molecule has 6 nitrogen and oxygen atoms in total. The van der Waals surface area contributed by atoms with Crippen LogP contribution in [0, 0.1) is 0 Å². The van der Waals surface area contributed by atoms with Crippen LogP contribution in [0.5, 0.6) is 0 Å². The SMILES string of the molecule is CCc1nnc(NC(=O)c2cc(Cl)ccn2)nc1CC. The van der Waals surface area contributed by atoms with E-state index in [0.717, 1.165) is 24.2 Å². The van der Waals surface area contributed by atoms with Crippen molar-refractivity contribution in [2.45, 2.75) is 26.7 Å². The van der Waals surface area contributed by atoms with Crippen LogP contribution < -0.4 is 5.32 Å². The van der Waals surface area contributed by atoms with Gasteiger partial charge in [-0.05, 0) is 25.0 Å². The molecule has 7 heteroatoms. The molecule has 2 heterocycles. The van der Waals surface area contributed by atoms with Crippen LogP contribution in [0.25, 0.3) is 0 Å². The Kier molecular flexibility index (Phi) is 4.57. The van der Waals surface area contributed by atoms with Crippen LogP contribution in [0.15, 0.2) is 18.3 Å². The van der Waals surface area contributed by atoms with Crippen molar-refractivity contribution in [3.8, 4) is 0 Å². The van der Waals surface area contributed by atoms with Crippen molar-refractivity contribution in [3.63, 3.8) is 0 Å². The molecule has 0 aliphatic rings. The van der Waals surface area contributed by atoms with Gasteiger partial charge in [0.15, 0.2) is 0 Å². The number of pyridine rings is 1. The maximum absolute atomic E-state index is 12.0. The number of hydrogen-bond donors (Lipinski definition) is 1. The van der Waals surface area contributed by atoms with E-state index >= 15 is 0 Å². The molecule has 0 aliphatic carbocycles. The van der Waals surface area contributed by atoms with Crippen LogP contribution in [0.2, 0.25) is 5.02 Å². The zero-order chi connectivity index (χ0) is 14.5. The Balaban J connectivity index is 2.19. The molecule has 0 aromatic carbocycles. The van der Waals surface area contributed by atoms with Gasteiger partial charge in [0.1, 0.15) is 5.69 Å². The molecule has 2 rings (SSSR count). The molecule has 20 heavy (non-hydrogen) atoms. The summed E-state index contributed by atoms with van der Waals surface area (Å²) in [5, 5.41) is 11.0. The summed E-state index contributed by atoms with van der Waals surface area (Å²) in [5.74, 6) is -0.244. The monoisotopic (exact) mass is 291 g/mol. The minimum atomic E-state index is -0.416. The first kappa shape index (κ1) is 14.3. The van der Waals surface area contributed by atoms with Crippen LogP contribution in [0.4, 0.5) is 5.95 Å². The fraction of sp³-hybridized carbons (Fsp3) is 0.308. The molecule has 0 spiro atoms. The van der Waals surface area contributed by atoms with Crippen molar-refractivity contribution in [1.82, 2.24) is 20.2 Å². The second kappa shape index (κ2) is 6.38. The molecule has 2 aromatic heterocycles. The predicted molar refractivity (Wildman–Crippen MR) is 75.8 cm³/mol. The van der Waals surface area contributed by atoms with Gasteiger partial charge in [0, 0.05) is 11.2 Å². The number of hydrogen-bond acceptors (Lipinski definition) is 5. The van der Waals surface area contributed by atoms with Gasteiger partial charge in [-0.1, -0.05) is 25.4 Å². The molecule has 0 unspecified atom stereocenters. The molecule has 0 atom stereocenters. The highest BCUT2D eigenvalue weighted by molar-refractivity contribution is 6.30.